The van der Waals surface area contributed by atoms with Crippen LogP contribution in [0.25, 0.3) is 6.08 Å². The minimum absolute atomic E-state index is 0.0783. The van der Waals surface area contributed by atoms with Crippen molar-refractivity contribution in [3.63, 3.8) is 0 Å². The van der Waals surface area contributed by atoms with Gasteiger partial charge in [0.05, 0.1) is 12.1 Å². The molecular weight excluding hydrogens is 210 g/mol. The van der Waals surface area contributed by atoms with Crippen LogP contribution in [0.3, 0.4) is 0 Å². The van der Waals surface area contributed by atoms with Gasteiger partial charge in [0.2, 0.25) is 5.91 Å². The average molecular weight is 225 g/mol. The van der Waals surface area contributed by atoms with E-state index in [0.717, 1.165) is 5.56 Å². The number of carbonyl (C=O) groups excluding carboxylic acids is 1. The number of aliphatic hydroxyl groups excluding tert-OH is 1. The van der Waals surface area contributed by atoms with E-state index in [1.165, 1.54) is 6.08 Å². The smallest absolute Gasteiger partial charge is 0.244 e. The molecule has 1 rings (SSSR count). The topological polar surface area (TPSA) is 49.3 Å². The van der Waals surface area contributed by atoms with Gasteiger partial charge in [0.15, 0.2) is 0 Å². The van der Waals surface area contributed by atoms with E-state index >= 15 is 0 Å². The number of rotatable bonds is 4. The first-order valence-electron chi connectivity index (χ1n) is 4.67. The van der Waals surface area contributed by atoms with E-state index in [-0.39, 0.29) is 12.5 Å². The number of hydrogen-bond donors (Lipinski definition) is 2. The highest BCUT2D eigenvalue weighted by atomic mass is 32.1. The zero-order valence-electron chi connectivity index (χ0n) is 8.86. The van der Waals surface area contributed by atoms with Crippen LogP contribution in [0.5, 0.6) is 0 Å². The molecule has 1 heterocycles. The van der Waals surface area contributed by atoms with Gasteiger partial charge in [-0.25, -0.2) is 0 Å². The predicted molar refractivity (Wildman–Crippen MR) is 62.7 cm³/mol. The van der Waals surface area contributed by atoms with E-state index in [2.05, 4.69) is 5.32 Å². The van der Waals surface area contributed by atoms with E-state index in [4.69, 9.17) is 5.11 Å². The summed E-state index contributed by atoms with van der Waals surface area (Å²) in [7, 11) is 0. The van der Waals surface area contributed by atoms with E-state index < -0.39 is 5.54 Å². The third kappa shape index (κ3) is 4.27. The molecule has 0 aliphatic rings. The zero-order valence-corrected chi connectivity index (χ0v) is 9.67. The Morgan fingerprint density at radius 2 is 2.40 bits per heavy atom. The minimum Gasteiger partial charge on any atom is -0.394 e. The Balaban J connectivity index is 2.50. The summed E-state index contributed by atoms with van der Waals surface area (Å²) >= 11 is 1.59. The van der Waals surface area contributed by atoms with Crippen LogP contribution in [-0.4, -0.2) is 23.2 Å². The second-order valence-corrected chi connectivity index (χ2v) is 4.70. The van der Waals surface area contributed by atoms with Crippen molar-refractivity contribution in [2.75, 3.05) is 6.61 Å². The van der Waals surface area contributed by atoms with Crippen molar-refractivity contribution in [1.29, 1.82) is 0 Å². The fourth-order valence-electron chi connectivity index (χ4n) is 0.956. The summed E-state index contributed by atoms with van der Waals surface area (Å²) < 4.78 is 0. The third-order valence-electron chi connectivity index (χ3n) is 1.83. The number of hydrogen-bond acceptors (Lipinski definition) is 3. The van der Waals surface area contributed by atoms with Crippen molar-refractivity contribution in [1.82, 2.24) is 5.32 Å². The molecule has 1 aromatic rings. The Hall–Kier alpha value is -1.13. The fourth-order valence-corrected chi connectivity index (χ4v) is 1.58. The summed E-state index contributed by atoms with van der Waals surface area (Å²) in [4.78, 5) is 11.4. The van der Waals surface area contributed by atoms with Crippen molar-refractivity contribution in [3.05, 3.63) is 28.5 Å². The van der Waals surface area contributed by atoms with Crippen LogP contribution in [0.4, 0.5) is 0 Å². The monoisotopic (exact) mass is 225 g/mol. The molecule has 0 saturated heterocycles. The molecule has 0 bridgehead atoms. The molecular formula is C11H15NO2S. The molecule has 1 amide bonds. The van der Waals surface area contributed by atoms with Crippen molar-refractivity contribution in [2.24, 2.45) is 0 Å². The van der Waals surface area contributed by atoms with E-state index in [1.54, 1.807) is 31.3 Å². The van der Waals surface area contributed by atoms with E-state index in [1.807, 2.05) is 16.8 Å². The molecule has 0 aliphatic heterocycles. The van der Waals surface area contributed by atoms with Gasteiger partial charge in [-0.2, -0.15) is 11.3 Å². The molecule has 0 atom stereocenters. The number of amides is 1. The van der Waals surface area contributed by atoms with Crippen LogP contribution in [-0.2, 0) is 4.79 Å². The molecule has 82 valence electrons. The lowest BCUT2D eigenvalue weighted by Crippen LogP contribution is -2.45. The van der Waals surface area contributed by atoms with E-state index in [9.17, 15) is 4.79 Å². The van der Waals surface area contributed by atoms with Crippen LogP contribution >= 0.6 is 11.3 Å². The number of nitrogens with one attached hydrogen (secondary N) is 1. The predicted octanol–water partition coefficient (Wildman–Crippen LogP) is 1.65. The Kier molecular flexibility index (Phi) is 4.05. The fraction of sp³-hybridized carbons (Fsp3) is 0.364. The summed E-state index contributed by atoms with van der Waals surface area (Å²) in [6.45, 7) is 3.46. The zero-order chi connectivity index (χ0) is 11.3. The summed E-state index contributed by atoms with van der Waals surface area (Å²) in [5.74, 6) is -0.194. The Morgan fingerprint density at radius 3 is 2.93 bits per heavy atom. The van der Waals surface area contributed by atoms with Crippen LogP contribution in [0, 0.1) is 0 Å². The van der Waals surface area contributed by atoms with Gasteiger partial charge in [-0.3, -0.25) is 4.79 Å². The van der Waals surface area contributed by atoms with Gasteiger partial charge in [-0.1, -0.05) is 0 Å². The average Bonchev–Trinajstić information content (AvgIpc) is 2.66. The molecule has 0 aliphatic carbocycles. The van der Waals surface area contributed by atoms with Gasteiger partial charge in [-0.15, -0.1) is 0 Å². The maximum atomic E-state index is 11.4. The summed E-state index contributed by atoms with van der Waals surface area (Å²) in [5, 5.41) is 15.6. The van der Waals surface area contributed by atoms with Crippen LogP contribution < -0.4 is 5.32 Å². The molecule has 0 spiro atoms. The first-order valence-corrected chi connectivity index (χ1v) is 5.61. The molecule has 0 radical (unpaired) electrons. The SMILES string of the molecule is CC(C)(CO)NC(=O)/C=C/c1ccsc1. The lowest BCUT2D eigenvalue weighted by atomic mass is 10.1. The molecule has 4 heteroatoms. The minimum atomic E-state index is -0.573. The van der Waals surface area contributed by atoms with Crippen LogP contribution in [0.1, 0.15) is 19.4 Å². The molecule has 0 unspecified atom stereocenters. The number of thiophene rings is 1. The highest BCUT2D eigenvalue weighted by Crippen LogP contribution is 2.07. The molecule has 0 saturated carbocycles. The van der Waals surface area contributed by atoms with Gasteiger partial charge in [0, 0.05) is 6.08 Å². The number of aliphatic hydroxyl groups is 1. The summed E-state index contributed by atoms with van der Waals surface area (Å²) in [6, 6.07) is 1.94. The first-order chi connectivity index (χ1) is 7.03. The standard InChI is InChI=1S/C11H15NO2S/c1-11(2,8-13)12-10(14)4-3-9-5-6-15-7-9/h3-7,13H,8H2,1-2H3,(H,12,14)/b4-3+. The molecule has 0 aromatic carbocycles. The maximum Gasteiger partial charge on any atom is 0.244 e. The Bertz CT molecular complexity index is 341. The molecule has 3 nitrogen and oxygen atoms in total. The van der Waals surface area contributed by atoms with E-state index in [0.29, 0.717) is 0 Å². The highest BCUT2D eigenvalue weighted by molar-refractivity contribution is 7.08. The molecule has 1 aromatic heterocycles. The quantitative estimate of drug-likeness (QED) is 0.765. The van der Waals surface area contributed by atoms with Crippen LogP contribution in [0.15, 0.2) is 22.9 Å². The van der Waals surface area contributed by atoms with Crippen molar-refractivity contribution in [2.45, 2.75) is 19.4 Å². The third-order valence-corrected chi connectivity index (χ3v) is 2.53. The van der Waals surface area contributed by atoms with Crippen molar-refractivity contribution >= 4 is 23.3 Å². The van der Waals surface area contributed by atoms with Crippen LogP contribution in [0.2, 0.25) is 0 Å². The molecule has 2 N–H and O–H groups in total. The summed E-state index contributed by atoms with van der Waals surface area (Å²) in [5.41, 5.74) is 0.438. The van der Waals surface area contributed by atoms with Crippen molar-refractivity contribution < 1.29 is 9.90 Å². The van der Waals surface area contributed by atoms with Crippen molar-refractivity contribution in [3.8, 4) is 0 Å². The van der Waals surface area contributed by atoms with Gasteiger partial charge in [0.25, 0.3) is 0 Å². The lowest BCUT2D eigenvalue weighted by Gasteiger charge is -2.22. The normalized spacial score (nSPS) is 11.9. The molecule has 0 fully saturated rings. The van der Waals surface area contributed by atoms with Gasteiger partial charge < -0.3 is 10.4 Å². The molecule has 15 heavy (non-hydrogen) atoms. The van der Waals surface area contributed by atoms with Gasteiger partial charge in [0.1, 0.15) is 0 Å². The largest absolute Gasteiger partial charge is 0.394 e. The number of carbonyl (C=O) groups is 1. The maximum absolute atomic E-state index is 11.4. The van der Waals surface area contributed by atoms with Gasteiger partial charge in [-0.05, 0) is 42.3 Å². The highest BCUT2D eigenvalue weighted by Gasteiger charge is 2.17. The Morgan fingerprint density at radius 1 is 1.67 bits per heavy atom. The first kappa shape index (κ1) is 11.9. The van der Waals surface area contributed by atoms with Gasteiger partial charge >= 0.3 is 0 Å². The summed E-state index contributed by atoms with van der Waals surface area (Å²) in [6.07, 6.45) is 3.22. The Labute approximate surface area is 93.4 Å². The second-order valence-electron chi connectivity index (χ2n) is 3.92. The lowest BCUT2D eigenvalue weighted by molar-refractivity contribution is -0.118. The second kappa shape index (κ2) is 5.09.